The Morgan fingerprint density at radius 2 is 1.52 bits per heavy atom. The fourth-order valence-electron chi connectivity index (χ4n) is 4.07. The lowest BCUT2D eigenvalue weighted by molar-refractivity contribution is -0.143. The van der Waals surface area contributed by atoms with Gasteiger partial charge in [-0.25, -0.2) is 0 Å². The van der Waals surface area contributed by atoms with Crippen LogP contribution in [0, 0.1) is 24.7 Å². The average molecular weight is 392 g/mol. The van der Waals surface area contributed by atoms with Crippen LogP contribution in [0.25, 0.3) is 16.7 Å². The highest BCUT2D eigenvalue weighted by molar-refractivity contribution is 6.34. The van der Waals surface area contributed by atoms with E-state index in [1.165, 1.54) is 0 Å². The lowest BCUT2D eigenvalue weighted by atomic mass is 9.62. The molecule has 0 bridgehead atoms. The predicted octanol–water partition coefficient (Wildman–Crippen LogP) is 5.45. The van der Waals surface area contributed by atoms with E-state index in [0.717, 1.165) is 28.0 Å². The second kappa shape index (κ2) is 6.87. The summed E-state index contributed by atoms with van der Waals surface area (Å²) in [7, 11) is 1.63. The number of allylic oxidation sites excluding steroid dienone is 2. The van der Waals surface area contributed by atoms with Gasteiger partial charge in [-0.15, -0.1) is 0 Å². The molecule has 1 aliphatic carbocycles. The Balaban J connectivity index is 2.28. The molecule has 4 heteroatoms. The van der Waals surface area contributed by atoms with E-state index in [0.29, 0.717) is 5.56 Å². The zero-order valence-corrected chi connectivity index (χ0v) is 18.1. The zero-order valence-electron chi connectivity index (χ0n) is 18.1. The molecular weight excluding hydrogens is 364 g/mol. The van der Waals surface area contributed by atoms with Crippen LogP contribution in [0.3, 0.4) is 0 Å². The van der Waals surface area contributed by atoms with Gasteiger partial charge in [0.05, 0.1) is 23.5 Å². The first-order valence-corrected chi connectivity index (χ1v) is 9.72. The number of carbonyl (C=O) groups excluding carboxylic acids is 2. The maximum Gasteiger partial charge on any atom is 0.179 e. The molecule has 4 nitrogen and oxygen atoms in total. The molecule has 0 atom stereocenters. The largest absolute Gasteiger partial charge is 0.510 e. The highest BCUT2D eigenvalue weighted by Crippen LogP contribution is 2.47. The van der Waals surface area contributed by atoms with Gasteiger partial charge in [-0.2, -0.15) is 0 Å². The summed E-state index contributed by atoms with van der Waals surface area (Å²) in [5, 5.41) is 11.0. The summed E-state index contributed by atoms with van der Waals surface area (Å²) < 4.78 is 5.55. The smallest absolute Gasteiger partial charge is 0.179 e. The summed E-state index contributed by atoms with van der Waals surface area (Å²) in [5.41, 5.74) is 2.26. The van der Waals surface area contributed by atoms with Crippen LogP contribution in [0.1, 0.15) is 44.4 Å². The van der Waals surface area contributed by atoms with E-state index < -0.39 is 10.8 Å². The van der Waals surface area contributed by atoms with E-state index in [9.17, 15) is 14.7 Å². The van der Waals surface area contributed by atoms with Crippen LogP contribution in [0.4, 0.5) is 0 Å². The predicted molar refractivity (Wildman–Crippen MR) is 115 cm³/mol. The minimum Gasteiger partial charge on any atom is -0.510 e. The number of ether oxygens (including phenoxy) is 1. The van der Waals surface area contributed by atoms with Crippen LogP contribution in [-0.4, -0.2) is 23.8 Å². The second-order valence-corrected chi connectivity index (χ2v) is 8.87. The number of Topliss-reactive ketones (excluding diaryl/α,β-unsaturated/α-hetero) is 2. The SMILES string of the molecule is COc1cc(C)ccc1-c1ccc(C)c(C2=C(O)C(C)(C)C(=O)C(C)(C)C2=O)c1. The number of carbonyl (C=O) groups is 2. The Morgan fingerprint density at radius 3 is 2.14 bits per heavy atom. The Labute approximate surface area is 172 Å². The molecule has 0 heterocycles. The molecule has 0 aromatic heterocycles. The second-order valence-electron chi connectivity index (χ2n) is 8.87. The molecule has 2 aromatic carbocycles. The van der Waals surface area contributed by atoms with Crippen molar-refractivity contribution in [3.8, 4) is 16.9 Å². The van der Waals surface area contributed by atoms with Gasteiger partial charge in [0, 0.05) is 5.56 Å². The lowest BCUT2D eigenvalue weighted by Crippen LogP contribution is -2.48. The molecule has 1 aliphatic rings. The number of ketones is 2. The van der Waals surface area contributed by atoms with Crippen molar-refractivity contribution in [2.75, 3.05) is 7.11 Å². The summed E-state index contributed by atoms with van der Waals surface area (Å²) in [4.78, 5) is 26.1. The molecule has 152 valence electrons. The highest BCUT2D eigenvalue weighted by atomic mass is 16.5. The van der Waals surface area contributed by atoms with Crippen molar-refractivity contribution < 1.29 is 19.4 Å². The third kappa shape index (κ3) is 3.17. The molecule has 0 radical (unpaired) electrons. The van der Waals surface area contributed by atoms with Crippen LogP contribution in [0.5, 0.6) is 5.75 Å². The summed E-state index contributed by atoms with van der Waals surface area (Å²) >= 11 is 0. The fraction of sp³-hybridized carbons (Fsp3) is 0.360. The van der Waals surface area contributed by atoms with E-state index in [1.807, 2.05) is 50.2 Å². The van der Waals surface area contributed by atoms with E-state index in [2.05, 4.69) is 0 Å². The van der Waals surface area contributed by atoms with E-state index >= 15 is 0 Å². The maximum atomic E-state index is 13.3. The zero-order chi connectivity index (χ0) is 21.7. The Kier molecular flexibility index (Phi) is 4.94. The van der Waals surface area contributed by atoms with Crippen LogP contribution in [0.15, 0.2) is 42.2 Å². The Bertz CT molecular complexity index is 1050. The van der Waals surface area contributed by atoms with Crippen LogP contribution < -0.4 is 4.74 Å². The van der Waals surface area contributed by atoms with Crippen LogP contribution >= 0.6 is 0 Å². The summed E-state index contributed by atoms with van der Waals surface area (Å²) in [5.74, 6) is -0.0486. The topological polar surface area (TPSA) is 63.6 Å². The normalized spacial score (nSPS) is 18.2. The minimum absolute atomic E-state index is 0.164. The Morgan fingerprint density at radius 1 is 0.862 bits per heavy atom. The molecule has 1 N–H and O–H groups in total. The Hall–Kier alpha value is -2.88. The van der Waals surface area contributed by atoms with Crippen molar-refractivity contribution in [1.82, 2.24) is 0 Å². The van der Waals surface area contributed by atoms with Gasteiger partial charge in [-0.05, 0) is 75.9 Å². The first kappa shape index (κ1) is 20.8. The van der Waals surface area contributed by atoms with E-state index in [4.69, 9.17) is 4.74 Å². The van der Waals surface area contributed by atoms with Gasteiger partial charge >= 0.3 is 0 Å². The van der Waals surface area contributed by atoms with Crippen molar-refractivity contribution in [3.63, 3.8) is 0 Å². The number of aliphatic hydroxyl groups excluding tert-OH is 1. The van der Waals surface area contributed by atoms with Gasteiger partial charge in [-0.1, -0.05) is 24.3 Å². The molecule has 0 amide bonds. The highest BCUT2D eigenvalue weighted by Gasteiger charge is 2.53. The molecule has 0 saturated heterocycles. The number of hydrogen-bond acceptors (Lipinski definition) is 4. The average Bonchev–Trinajstić information content (AvgIpc) is 2.67. The first-order chi connectivity index (χ1) is 13.4. The molecule has 0 aliphatic heterocycles. The molecule has 29 heavy (non-hydrogen) atoms. The minimum atomic E-state index is -1.20. The summed E-state index contributed by atoms with van der Waals surface area (Å²) in [6.45, 7) is 10.5. The number of aryl methyl sites for hydroxylation is 2. The van der Waals surface area contributed by atoms with Crippen molar-refractivity contribution in [2.24, 2.45) is 10.8 Å². The number of hydrogen-bond donors (Lipinski definition) is 1. The van der Waals surface area contributed by atoms with Crippen molar-refractivity contribution in [3.05, 3.63) is 58.8 Å². The molecular formula is C25H28O4. The van der Waals surface area contributed by atoms with Gasteiger partial charge in [0.2, 0.25) is 0 Å². The monoisotopic (exact) mass is 392 g/mol. The van der Waals surface area contributed by atoms with Crippen molar-refractivity contribution in [1.29, 1.82) is 0 Å². The van der Waals surface area contributed by atoms with E-state index in [-0.39, 0.29) is 22.9 Å². The quantitative estimate of drug-likeness (QED) is 0.705. The van der Waals surface area contributed by atoms with E-state index in [1.54, 1.807) is 34.8 Å². The number of benzene rings is 2. The molecule has 0 unspecified atom stereocenters. The third-order valence-corrected chi connectivity index (χ3v) is 5.93. The van der Waals surface area contributed by atoms with Gasteiger partial charge in [0.15, 0.2) is 11.6 Å². The summed E-state index contributed by atoms with van der Waals surface area (Å²) in [6, 6.07) is 11.7. The lowest BCUT2D eigenvalue weighted by Gasteiger charge is -2.38. The molecule has 0 fully saturated rings. The van der Waals surface area contributed by atoms with Crippen LogP contribution in [-0.2, 0) is 9.59 Å². The number of methoxy groups -OCH3 is 1. The van der Waals surface area contributed by atoms with Crippen molar-refractivity contribution >= 4 is 17.1 Å². The van der Waals surface area contributed by atoms with Gasteiger partial charge in [0.1, 0.15) is 11.5 Å². The van der Waals surface area contributed by atoms with Gasteiger partial charge in [0.25, 0.3) is 0 Å². The van der Waals surface area contributed by atoms with Gasteiger partial charge in [-0.3, -0.25) is 9.59 Å². The molecule has 2 aromatic rings. The van der Waals surface area contributed by atoms with Crippen molar-refractivity contribution in [2.45, 2.75) is 41.5 Å². The maximum absolute atomic E-state index is 13.3. The fourth-order valence-corrected chi connectivity index (χ4v) is 4.07. The first-order valence-electron chi connectivity index (χ1n) is 9.72. The number of rotatable bonds is 3. The standard InChI is InChI=1S/C25H28O4/c1-14-8-11-17(19(12-14)29-7)16-10-9-15(2)18(13-16)20-21(26)24(3,4)23(28)25(5,6)22(20)27/h8-13,26H,1-7H3. The molecule has 0 saturated carbocycles. The summed E-state index contributed by atoms with van der Waals surface area (Å²) in [6.07, 6.45) is 0. The molecule has 3 rings (SSSR count). The van der Waals surface area contributed by atoms with Crippen LogP contribution in [0.2, 0.25) is 0 Å². The third-order valence-electron chi connectivity index (χ3n) is 5.93. The molecule has 0 spiro atoms. The van der Waals surface area contributed by atoms with Gasteiger partial charge < -0.3 is 9.84 Å². The number of aliphatic hydroxyl groups is 1.